The first-order valence-electron chi connectivity index (χ1n) is 13.9. The lowest BCUT2D eigenvalue weighted by molar-refractivity contribution is 0.0513. The Kier molecular flexibility index (Phi) is 9.87. The highest BCUT2D eigenvalue weighted by atomic mass is 19.1. The first-order valence-corrected chi connectivity index (χ1v) is 13.9. The fraction of sp³-hybridized carbons (Fsp3) is 0.552. The van der Waals surface area contributed by atoms with E-state index in [1.165, 1.54) is 13.2 Å². The van der Waals surface area contributed by atoms with Gasteiger partial charge in [-0.25, -0.2) is 24.1 Å². The smallest absolute Gasteiger partial charge is 0.407 e. The first-order chi connectivity index (χ1) is 19.5. The topological polar surface area (TPSA) is 136 Å². The van der Waals surface area contributed by atoms with Crippen LogP contribution in [0.4, 0.5) is 9.18 Å². The predicted octanol–water partition coefficient (Wildman–Crippen LogP) is 4.30. The molecule has 3 aromatic rings. The van der Waals surface area contributed by atoms with Crippen molar-refractivity contribution in [2.75, 3.05) is 13.7 Å². The molecule has 3 N–H and O–H groups in total. The third kappa shape index (κ3) is 8.92. The summed E-state index contributed by atoms with van der Waals surface area (Å²) in [5.74, 6) is 1.56. The molecule has 1 unspecified atom stereocenters. The molecule has 1 atom stereocenters. The monoisotopic (exact) mass is 569 g/mol. The minimum Gasteiger partial charge on any atom is -0.494 e. The Bertz CT molecular complexity index is 1320. The van der Waals surface area contributed by atoms with Gasteiger partial charge in [-0.3, -0.25) is 10.00 Å². The summed E-state index contributed by atoms with van der Waals surface area (Å²) < 4.78 is 25.9. The number of hydrogen-bond donors (Lipinski definition) is 3. The molecule has 1 aliphatic carbocycles. The number of aliphatic hydroxyl groups is 1. The lowest BCUT2D eigenvalue weighted by Gasteiger charge is -2.28. The van der Waals surface area contributed by atoms with Gasteiger partial charge in [0, 0.05) is 19.6 Å². The minimum atomic E-state index is -1.08. The van der Waals surface area contributed by atoms with Gasteiger partial charge in [-0.15, -0.1) is 5.10 Å². The van der Waals surface area contributed by atoms with Gasteiger partial charge in [0.05, 0.1) is 12.8 Å². The Balaban J connectivity index is 1.29. The van der Waals surface area contributed by atoms with Gasteiger partial charge in [0.2, 0.25) is 0 Å². The number of aromatic nitrogens is 5. The fourth-order valence-electron chi connectivity index (χ4n) is 4.90. The van der Waals surface area contributed by atoms with Crippen LogP contribution in [0, 0.1) is 24.6 Å². The van der Waals surface area contributed by atoms with E-state index in [4.69, 9.17) is 9.47 Å². The number of rotatable bonds is 10. The number of halogens is 1. The summed E-state index contributed by atoms with van der Waals surface area (Å²) in [7, 11) is 1.41. The number of carbonyl (C=O) groups is 1. The Hall–Kier alpha value is -3.64. The van der Waals surface area contributed by atoms with Crippen molar-refractivity contribution in [3.8, 4) is 17.3 Å². The van der Waals surface area contributed by atoms with Crippen molar-refractivity contribution < 1.29 is 23.8 Å². The molecule has 2 aromatic heterocycles. The van der Waals surface area contributed by atoms with Crippen molar-refractivity contribution in [1.29, 1.82) is 0 Å². The van der Waals surface area contributed by atoms with E-state index >= 15 is 0 Å². The third-order valence-corrected chi connectivity index (χ3v) is 6.96. The van der Waals surface area contributed by atoms with E-state index in [0.717, 1.165) is 37.8 Å². The van der Waals surface area contributed by atoms with Crippen LogP contribution in [0.2, 0.25) is 0 Å². The van der Waals surface area contributed by atoms with E-state index in [-0.39, 0.29) is 18.4 Å². The van der Waals surface area contributed by atoms with Crippen LogP contribution in [0.25, 0.3) is 11.5 Å². The average molecular weight is 570 g/mol. The summed E-state index contributed by atoms with van der Waals surface area (Å²) in [5, 5.41) is 21.3. The summed E-state index contributed by atoms with van der Waals surface area (Å²) in [5.41, 5.74) is 1.16. The van der Waals surface area contributed by atoms with Crippen LogP contribution in [-0.4, -0.2) is 55.2 Å². The predicted molar refractivity (Wildman–Crippen MR) is 150 cm³/mol. The molecular weight excluding hydrogens is 529 g/mol. The maximum Gasteiger partial charge on any atom is 0.407 e. The number of alkyl carbamates (subject to hydrolysis) is 1. The Morgan fingerprint density at radius 1 is 1.17 bits per heavy atom. The van der Waals surface area contributed by atoms with Crippen LogP contribution < -0.4 is 15.4 Å². The maximum absolute atomic E-state index is 13.7. The van der Waals surface area contributed by atoms with Gasteiger partial charge in [0.15, 0.2) is 17.4 Å². The first kappa shape index (κ1) is 30.3. The molecule has 1 amide bonds. The SMILES string of the molecule is COc1cc(CNC(O)c2cc(-c3ncn(CC4CCC(CNC(=O)OC(C)(C)C)CC4)n3)nc(C)n2)ccc1F. The van der Waals surface area contributed by atoms with Crippen LogP contribution in [0.5, 0.6) is 5.75 Å². The van der Waals surface area contributed by atoms with Gasteiger partial charge < -0.3 is 19.9 Å². The highest BCUT2D eigenvalue weighted by Gasteiger charge is 2.24. The molecule has 0 aliphatic heterocycles. The number of ether oxygens (including phenoxy) is 2. The van der Waals surface area contributed by atoms with Crippen molar-refractivity contribution in [2.24, 2.45) is 11.8 Å². The second-order valence-corrected chi connectivity index (χ2v) is 11.5. The molecule has 11 nitrogen and oxygen atoms in total. The second kappa shape index (κ2) is 13.3. The third-order valence-electron chi connectivity index (χ3n) is 6.96. The van der Waals surface area contributed by atoms with Crippen LogP contribution >= 0.6 is 0 Å². The molecule has 12 heteroatoms. The molecule has 222 valence electrons. The van der Waals surface area contributed by atoms with E-state index in [2.05, 4.69) is 30.7 Å². The highest BCUT2D eigenvalue weighted by Crippen LogP contribution is 2.30. The molecule has 0 radical (unpaired) electrons. The molecule has 0 saturated heterocycles. The van der Waals surface area contributed by atoms with Gasteiger partial charge >= 0.3 is 6.09 Å². The molecular formula is C29H40FN7O4. The van der Waals surface area contributed by atoms with Gasteiger partial charge in [-0.1, -0.05) is 6.07 Å². The number of methoxy groups -OCH3 is 1. The van der Waals surface area contributed by atoms with E-state index in [9.17, 15) is 14.3 Å². The molecule has 4 rings (SSSR count). The molecule has 41 heavy (non-hydrogen) atoms. The molecule has 1 saturated carbocycles. The standard InChI is InChI=1S/C29H40FN7O4/c1-18-34-23(13-24(35-18)27(38)31-15-21-10-11-22(30)25(12-21)40-5)26-33-17-37(36-26)16-20-8-6-19(7-9-20)14-32-28(39)41-29(2,3)4/h10-13,17,19-20,27,31,38H,6-9,14-16H2,1-5H3,(H,32,39). The van der Waals surface area contributed by atoms with E-state index < -0.39 is 17.6 Å². The van der Waals surface area contributed by atoms with Gasteiger partial charge in [0.1, 0.15) is 29.7 Å². The number of aryl methyl sites for hydroxylation is 1. The van der Waals surface area contributed by atoms with Crippen LogP contribution in [0.1, 0.15) is 69.8 Å². The molecule has 1 fully saturated rings. The molecule has 1 aliphatic rings. The minimum absolute atomic E-state index is 0.142. The van der Waals surface area contributed by atoms with Gasteiger partial charge in [-0.2, -0.15) is 0 Å². The number of hydrogen-bond acceptors (Lipinski definition) is 9. The number of benzene rings is 1. The Morgan fingerprint density at radius 3 is 2.61 bits per heavy atom. The summed E-state index contributed by atoms with van der Waals surface area (Å²) in [6.07, 6.45) is 4.43. The Labute approximate surface area is 239 Å². The van der Waals surface area contributed by atoms with Gasteiger partial charge in [0.25, 0.3) is 0 Å². The number of carbonyl (C=O) groups excluding carboxylic acids is 1. The number of nitrogens with zero attached hydrogens (tertiary/aromatic N) is 5. The second-order valence-electron chi connectivity index (χ2n) is 11.5. The summed E-state index contributed by atoms with van der Waals surface area (Å²) in [6.45, 7) is 8.98. The van der Waals surface area contributed by atoms with Crippen LogP contribution in [0.15, 0.2) is 30.6 Å². The van der Waals surface area contributed by atoms with Crippen molar-refractivity contribution in [1.82, 2.24) is 35.4 Å². The van der Waals surface area contributed by atoms with Crippen molar-refractivity contribution in [3.63, 3.8) is 0 Å². The highest BCUT2D eigenvalue weighted by molar-refractivity contribution is 5.67. The molecule has 0 bridgehead atoms. The molecule has 1 aromatic carbocycles. The number of amides is 1. The van der Waals surface area contributed by atoms with Crippen molar-refractivity contribution in [2.45, 2.75) is 78.3 Å². The maximum atomic E-state index is 13.7. The number of aliphatic hydroxyl groups excluding tert-OH is 1. The van der Waals surface area contributed by atoms with Crippen LogP contribution in [-0.2, 0) is 17.8 Å². The quantitative estimate of drug-likeness (QED) is 0.305. The Morgan fingerprint density at radius 2 is 1.90 bits per heavy atom. The molecule has 2 heterocycles. The fourth-order valence-corrected chi connectivity index (χ4v) is 4.90. The summed E-state index contributed by atoms with van der Waals surface area (Å²) in [6, 6.07) is 6.19. The number of nitrogens with one attached hydrogen (secondary N) is 2. The zero-order chi connectivity index (χ0) is 29.6. The van der Waals surface area contributed by atoms with E-state index in [1.807, 2.05) is 25.5 Å². The molecule has 0 spiro atoms. The van der Waals surface area contributed by atoms with E-state index in [0.29, 0.717) is 41.4 Å². The van der Waals surface area contributed by atoms with Crippen molar-refractivity contribution >= 4 is 6.09 Å². The largest absolute Gasteiger partial charge is 0.494 e. The lowest BCUT2D eigenvalue weighted by atomic mass is 9.82. The van der Waals surface area contributed by atoms with Crippen LogP contribution in [0.3, 0.4) is 0 Å². The van der Waals surface area contributed by atoms with E-state index in [1.54, 1.807) is 31.5 Å². The summed E-state index contributed by atoms with van der Waals surface area (Å²) >= 11 is 0. The summed E-state index contributed by atoms with van der Waals surface area (Å²) in [4.78, 5) is 25.2. The zero-order valence-electron chi connectivity index (χ0n) is 24.4. The van der Waals surface area contributed by atoms with Crippen molar-refractivity contribution in [3.05, 3.63) is 53.5 Å². The zero-order valence-corrected chi connectivity index (χ0v) is 24.4. The lowest BCUT2D eigenvalue weighted by Crippen LogP contribution is -2.36. The average Bonchev–Trinajstić information content (AvgIpc) is 3.39. The van der Waals surface area contributed by atoms with Gasteiger partial charge in [-0.05, 0) is 89.0 Å². The normalized spacial score (nSPS) is 18.1.